The summed E-state index contributed by atoms with van der Waals surface area (Å²) in [6.07, 6.45) is 0.451. The first-order valence-corrected chi connectivity index (χ1v) is 9.62. The molecule has 4 nitrogen and oxygen atoms in total. The molecule has 128 valence electrons. The quantitative estimate of drug-likeness (QED) is 0.342. The maximum atomic E-state index is 8.96. The number of fused-ring (bicyclic) bond motifs is 2. The Morgan fingerprint density at radius 1 is 1.04 bits per heavy atom. The normalized spacial score (nSPS) is 11.1. The van der Waals surface area contributed by atoms with Crippen molar-refractivity contribution >= 4 is 45.3 Å². The highest BCUT2D eigenvalue weighted by atomic mass is 35.5. The van der Waals surface area contributed by atoms with Gasteiger partial charge < -0.3 is 4.57 Å². The van der Waals surface area contributed by atoms with E-state index in [1.165, 1.54) is 0 Å². The lowest BCUT2D eigenvalue weighted by molar-refractivity contribution is 0.667. The van der Waals surface area contributed by atoms with E-state index in [-0.39, 0.29) is 0 Å². The summed E-state index contributed by atoms with van der Waals surface area (Å²) in [7, 11) is 0. The van der Waals surface area contributed by atoms with E-state index in [1.54, 1.807) is 11.8 Å². The summed E-state index contributed by atoms with van der Waals surface area (Å²) in [5, 5.41) is 11.4. The minimum Gasteiger partial charge on any atom is -0.318 e. The van der Waals surface area contributed by atoms with E-state index >= 15 is 0 Å². The van der Waals surface area contributed by atoms with Gasteiger partial charge in [-0.15, -0.1) is 0 Å². The Hall–Kier alpha value is -2.55. The molecule has 0 unspecified atom stereocenters. The van der Waals surface area contributed by atoms with Gasteiger partial charge in [-0.05, 0) is 24.3 Å². The second kappa shape index (κ2) is 7.36. The maximum Gasteiger partial charge on any atom is 0.169 e. The Bertz CT molecular complexity index is 1130. The Labute approximate surface area is 160 Å². The zero-order valence-electron chi connectivity index (χ0n) is 13.9. The van der Waals surface area contributed by atoms with Gasteiger partial charge in [0, 0.05) is 23.2 Å². The number of benzene rings is 2. The van der Waals surface area contributed by atoms with Crippen molar-refractivity contribution in [1.82, 2.24) is 14.5 Å². The number of hydrogen-bond donors (Lipinski definition) is 0. The van der Waals surface area contributed by atoms with E-state index in [2.05, 4.69) is 21.7 Å². The van der Waals surface area contributed by atoms with Gasteiger partial charge in [0.15, 0.2) is 5.16 Å². The lowest BCUT2D eigenvalue weighted by Crippen LogP contribution is -1.99. The first-order valence-electron chi connectivity index (χ1n) is 8.25. The highest BCUT2D eigenvalue weighted by molar-refractivity contribution is 7.98. The third-order valence-electron chi connectivity index (χ3n) is 4.17. The van der Waals surface area contributed by atoms with E-state index in [0.717, 1.165) is 32.7 Å². The van der Waals surface area contributed by atoms with Crippen LogP contribution in [0.15, 0.2) is 59.8 Å². The molecule has 2 heterocycles. The van der Waals surface area contributed by atoms with E-state index in [9.17, 15) is 0 Å². The lowest BCUT2D eigenvalue weighted by atomic mass is 10.2. The fraction of sp³-hybridized carbons (Fsp3) is 0.150. The van der Waals surface area contributed by atoms with Crippen LogP contribution in [0.5, 0.6) is 0 Å². The summed E-state index contributed by atoms with van der Waals surface area (Å²) in [5.74, 6) is 0.673. The molecule has 6 heteroatoms. The Balaban J connectivity index is 1.65. The number of aromatic nitrogens is 3. The number of pyridine rings is 1. The molecule has 4 aromatic rings. The number of halogens is 1. The van der Waals surface area contributed by atoms with Crippen LogP contribution in [0.2, 0.25) is 5.15 Å². The van der Waals surface area contributed by atoms with Crippen LogP contribution in [0.1, 0.15) is 12.0 Å². The second-order valence-corrected chi connectivity index (χ2v) is 7.16. The summed E-state index contributed by atoms with van der Waals surface area (Å²) < 4.78 is 2.10. The fourth-order valence-corrected chi connectivity index (χ4v) is 4.23. The van der Waals surface area contributed by atoms with Crippen LogP contribution < -0.4 is 0 Å². The van der Waals surface area contributed by atoms with Crippen molar-refractivity contribution in [3.05, 3.63) is 65.3 Å². The van der Waals surface area contributed by atoms with Crippen LogP contribution in [0.25, 0.3) is 21.9 Å². The molecule has 0 atom stereocenters. The van der Waals surface area contributed by atoms with E-state index in [4.69, 9.17) is 21.8 Å². The molecule has 0 aliphatic heterocycles. The van der Waals surface area contributed by atoms with Crippen molar-refractivity contribution in [3.8, 4) is 6.07 Å². The van der Waals surface area contributed by atoms with Crippen molar-refractivity contribution in [2.45, 2.75) is 23.9 Å². The molecule has 0 radical (unpaired) electrons. The van der Waals surface area contributed by atoms with Gasteiger partial charge in [0.25, 0.3) is 0 Å². The molecule has 0 saturated carbocycles. The highest BCUT2D eigenvalue weighted by Crippen LogP contribution is 2.30. The number of nitriles is 1. The number of para-hydroxylation sites is 3. The Kier molecular flexibility index (Phi) is 4.79. The van der Waals surface area contributed by atoms with E-state index in [0.29, 0.717) is 23.9 Å². The van der Waals surface area contributed by atoms with Crippen LogP contribution in [-0.2, 0) is 12.3 Å². The zero-order chi connectivity index (χ0) is 17.9. The third kappa shape index (κ3) is 3.26. The maximum absolute atomic E-state index is 8.96. The summed E-state index contributed by atoms with van der Waals surface area (Å²) in [6.45, 7) is 0.628. The van der Waals surface area contributed by atoms with Crippen LogP contribution in [0, 0.1) is 11.3 Å². The van der Waals surface area contributed by atoms with Crippen LogP contribution in [-0.4, -0.2) is 14.5 Å². The number of aryl methyl sites for hydroxylation is 1. The molecule has 0 saturated heterocycles. The fourth-order valence-electron chi connectivity index (χ4n) is 2.92. The Morgan fingerprint density at radius 2 is 1.81 bits per heavy atom. The molecular weight excluding hydrogens is 364 g/mol. The van der Waals surface area contributed by atoms with Crippen molar-refractivity contribution in [3.63, 3.8) is 0 Å². The van der Waals surface area contributed by atoms with Crippen molar-refractivity contribution < 1.29 is 0 Å². The first-order chi connectivity index (χ1) is 12.8. The standard InChI is InChI=1S/C20H15ClN4S/c21-19-15(12-14-6-1-2-7-16(14)23-19)13-26-20-24-17-8-3-4-9-18(17)25(20)11-5-10-22/h1-4,6-9,12H,5,11,13H2. The largest absolute Gasteiger partial charge is 0.318 e. The summed E-state index contributed by atoms with van der Waals surface area (Å²) >= 11 is 7.99. The average molecular weight is 379 g/mol. The predicted molar refractivity (Wildman–Crippen MR) is 106 cm³/mol. The van der Waals surface area contributed by atoms with E-state index in [1.807, 2.05) is 48.5 Å². The van der Waals surface area contributed by atoms with Gasteiger partial charge in [0.2, 0.25) is 0 Å². The molecular formula is C20H15ClN4S. The molecule has 0 fully saturated rings. The first kappa shape index (κ1) is 16.9. The van der Waals surface area contributed by atoms with Gasteiger partial charge in [-0.25, -0.2) is 9.97 Å². The molecule has 2 aromatic carbocycles. The van der Waals surface area contributed by atoms with Crippen LogP contribution in [0.4, 0.5) is 0 Å². The number of hydrogen-bond acceptors (Lipinski definition) is 4. The zero-order valence-corrected chi connectivity index (χ0v) is 15.5. The number of imidazole rings is 1. The SMILES string of the molecule is N#CCCn1c(SCc2cc3ccccc3nc2Cl)nc2ccccc21. The van der Waals surface area contributed by atoms with Crippen molar-refractivity contribution in [2.24, 2.45) is 0 Å². The van der Waals surface area contributed by atoms with Crippen molar-refractivity contribution in [1.29, 1.82) is 5.26 Å². The molecule has 0 aliphatic rings. The smallest absolute Gasteiger partial charge is 0.169 e. The molecule has 26 heavy (non-hydrogen) atoms. The molecule has 2 aromatic heterocycles. The molecule has 0 N–H and O–H groups in total. The van der Waals surface area contributed by atoms with Crippen LogP contribution in [0.3, 0.4) is 0 Å². The molecule has 4 rings (SSSR count). The molecule has 0 amide bonds. The van der Waals surface area contributed by atoms with Gasteiger partial charge in [0.05, 0.1) is 29.0 Å². The van der Waals surface area contributed by atoms with Gasteiger partial charge in [-0.1, -0.05) is 53.7 Å². The monoisotopic (exact) mass is 378 g/mol. The van der Waals surface area contributed by atoms with Gasteiger partial charge in [-0.2, -0.15) is 5.26 Å². The van der Waals surface area contributed by atoms with Crippen molar-refractivity contribution in [2.75, 3.05) is 0 Å². The molecule has 0 spiro atoms. The Morgan fingerprint density at radius 3 is 2.65 bits per heavy atom. The summed E-state index contributed by atoms with van der Waals surface area (Å²) in [4.78, 5) is 9.21. The summed E-state index contributed by atoms with van der Waals surface area (Å²) in [6, 6.07) is 20.2. The predicted octanol–water partition coefficient (Wildman–Crippen LogP) is 5.44. The second-order valence-electron chi connectivity index (χ2n) is 5.86. The number of thioether (sulfide) groups is 1. The van der Waals surface area contributed by atoms with Gasteiger partial charge >= 0.3 is 0 Å². The highest BCUT2D eigenvalue weighted by Gasteiger charge is 2.12. The number of rotatable bonds is 5. The summed E-state index contributed by atoms with van der Waals surface area (Å²) in [5.41, 5.74) is 3.87. The van der Waals surface area contributed by atoms with Gasteiger partial charge in [0.1, 0.15) is 5.15 Å². The number of nitrogens with zero attached hydrogens (tertiary/aromatic N) is 4. The molecule has 0 bridgehead atoms. The van der Waals surface area contributed by atoms with E-state index < -0.39 is 0 Å². The molecule has 0 aliphatic carbocycles. The topological polar surface area (TPSA) is 54.5 Å². The minimum atomic E-state index is 0.451. The minimum absolute atomic E-state index is 0.451. The van der Waals surface area contributed by atoms with Gasteiger partial charge in [-0.3, -0.25) is 0 Å². The lowest BCUT2D eigenvalue weighted by Gasteiger charge is -2.08. The average Bonchev–Trinajstić information content (AvgIpc) is 3.02. The van der Waals surface area contributed by atoms with Crippen LogP contribution >= 0.6 is 23.4 Å². The third-order valence-corrected chi connectivity index (χ3v) is 5.53.